The van der Waals surface area contributed by atoms with Crippen molar-refractivity contribution in [1.82, 2.24) is 29.9 Å². The van der Waals surface area contributed by atoms with E-state index >= 15 is 0 Å². The highest BCUT2D eigenvalue weighted by Gasteiger charge is 2.38. The smallest absolute Gasteiger partial charge is 0.475 e. The minimum Gasteiger partial charge on any atom is -0.475 e. The second-order valence-electron chi connectivity index (χ2n) is 6.31. The molecule has 1 aliphatic heterocycles. The Morgan fingerprint density at radius 2 is 1.97 bits per heavy atom. The number of aliphatic carboxylic acids is 1. The first kappa shape index (κ1) is 18.9. The van der Waals surface area contributed by atoms with Gasteiger partial charge in [0.25, 0.3) is 0 Å². The van der Waals surface area contributed by atoms with Gasteiger partial charge in [0.2, 0.25) is 0 Å². The van der Waals surface area contributed by atoms with Crippen LogP contribution in [0.5, 0.6) is 0 Å². The molecule has 0 amide bonds. The fraction of sp³-hybridized carbons (Fsp3) is 0.235. The lowest BCUT2D eigenvalue weighted by molar-refractivity contribution is -0.192. The number of aromatic nitrogens is 5. The fourth-order valence-electron chi connectivity index (χ4n) is 3.29. The molecule has 5 rings (SSSR count). The lowest BCUT2D eigenvalue weighted by Crippen LogP contribution is -2.29. The van der Waals surface area contributed by atoms with Gasteiger partial charge in [-0.15, -0.1) is 0 Å². The summed E-state index contributed by atoms with van der Waals surface area (Å²) in [5.74, 6) is -3.01. The molecule has 0 spiro atoms. The predicted octanol–water partition coefficient (Wildman–Crippen LogP) is 2.58. The first-order valence-electron chi connectivity index (χ1n) is 8.46. The van der Waals surface area contributed by atoms with Crippen molar-refractivity contribution >= 4 is 27.9 Å². The molecular formula is C17H14F4N6O2. The number of H-pyrrole nitrogens is 1. The summed E-state index contributed by atoms with van der Waals surface area (Å²) < 4.78 is 49.5. The Kier molecular flexibility index (Phi) is 4.49. The lowest BCUT2D eigenvalue weighted by Gasteiger charge is -2.17. The molecule has 152 valence electrons. The maximum absolute atomic E-state index is 13.6. The average molecular weight is 410 g/mol. The largest absolute Gasteiger partial charge is 0.490 e. The SMILES string of the molecule is Fc1ccc2c(c1)c1[nH]ncc1n2-c1cnn2c1CNCC2.O=C(O)C(F)(F)F. The van der Waals surface area contributed by atoms with Crippen LogP contribution in [-0.4, -0.2) is 48.3 Å². The van der Waals surface area contributed by atoms with Crippen molar-refractivity contribution in [3.63, 3.8) is 0 Å². The van der Waals surface area contributed by atoms with Gasteiger partial charge in [0.1, 0.15) is 5.82 Å². The van der Waals surface area contributed by atoms with Crippen LogP contribution in [0.4, 0.5) is 17.6 Å². The quantitative estimate of drug-likeness (QED) is 0.419. The molecule has 0 fully saturated rings. The summed E-state index contributed by atoms with van der Waals surface area (Å²) in [5.41, 5.74) is 4.88. The predicted molar refractivity (Wildman–Crippen MR) is 94.1 cm³/mol. The van der Waals surface area contributed by atoms with Gasteiger partial charge in [-0.05, 0) is 18.2 Å². The summed E-state index contributed by atoms with van der Waals surface area (Å²) in [7, 11) is 0. The number of hydrogen-bond acceptors (Lipinski definition) is 4. The topological polar surface area (TPSA) is 101 Å². The van der Waals surface area contributed by atoms with E-state index in [1.54, 1.807) is 18.3 Å². The zero-order chi connectivity index (χ0) is 20.8. The number of fused-ring (bicyclic) bond motifs is 4. The Morgan fingerprint density at radius 1 is 1.21 bits per heavy atom. The molecule has 0 bridgehead atoms. The van der Waals surface area contributed by atoms with Crippen LogP contribution < -0.4 is 5.32 Å². The second kappa shape index (κ2) is 6.88. The number of halogens is 4. The third-order valence-electron chi connectivity index (χ3n) is 4.53. The molecule has 0 unspecified atom stereocenters. The van der Waals surface area contributed by atoms with Gasteiger partial charge in [0, 0.05) is 18.5 Å². The molecule has 0 saturated heterocycles. The lowest BCUT2D eigenvalue weighted by atomic mass is 10.2. The Hall–Kier alpha value is -3.41. The number of aromatic amines is 1. The molecule has 0 atom stereocenters. The molecule has 0 radical (unpaired) electrons. The molecular weight excluding hydrogens is 396 g/mol. The fourth-order valence-corrected chi connectivity index (χ4v) is 3.29. The van der Waals surface area contributed by atoms with Gasteiger partial charge >= 0.3 is 12.1 Å². The summed E-state index contributed by atoms with van der Waals surface area (Å²) in [6, 6.07) is 4.83. The molecule has 0 aliphatic carbocycles. The van der Waals surface area contributed by atoms with Crippen molar-refractivity contribution in [1.29, 1.82) is 0 Å². The minimum atomic E-state index is -5.08. The Balaban J connectivity index is 0.000000255. The van der Waals surface area contributed by atoms with Crippen molar-refractivity contribution < 1.29 is 27.5 Å². The van der Waals surface area contributed by atoms with Crippen LogP contribution in [0.25, 0.3) is 27.6 Å². The second-order valence-corrected chi connectivity index (χ2v) is 6.31. The molecule has 3 N–H and O–H groups in total. The van der Waals surface area contributed by atoms with E-state index in [1.165, 1.54) is 6.07 Å². The van der Waals surface area contributed by atoms with E-state index in [1.807, 2.05) is 10.9 Å². The minimum absolute atomic E-state index is 0.250. The monoisotopic (exact) mass is 410 g/mol. The Bertz CT molecular complexity index is 1210. The van der Waals surface area contributed by atoms with Gasteiger partial charge in [-0.1, -0.05) is 0 Å². The van der Waals surface area contributed by atoms with Gasteiger partial charge in [0.05, 0.1) is 46.9 Å². The molecule has 1 aromatic carbocycles. The molecule has 12 heteroatoms. The standard InChI is InChI=1S/C15H13FN6.C2HF3O2/c16-9-1-2-11-10(5-9)15-14(7-18-20-15)22(11)13-8-19-21-4-3-17-6-12(13)21;3-2(4,5)1(6)7/h1-2,5,7-8,17H,3-4,6H2,(H,18,20);(H,6,7). The highest BCUT2D eigenvalue weighted by atomic mass is 19.4. The van der Waals surface area contributed by atoms with Gasteiger partial charge < -0.3 is 15.0 Å². The van der Waals surface area contributed by atoms with Crippen molar-refractivity contribution in [2.45, 2.75) is 19.3 Å². The van der Waals surface area contributed by atoms with E-state index in [0.29, 0.717) is 0 Å². The van der Waals surface area contributed by atoms with E-state index in [-0.39, 0.29) is 5.82 Å². The summed E-state index contributed by atoms with van der Waals surface area (Å²) in [6.07, 6.45) is -1.44. The van der Waals surface area contributed by atoms with Gasteiger partial charge in [-0.3, -0.25) is 9.78 Å². The number of hydrogen-bond donors (Lipinski definition) is 3. The van der Waals surface area contributed by atoms with Crippen LogP contribution >= 0.6 is 0 Å². The number of benzene rings is 1. The third kappa shape index (κ3) is 3.31. The molecule has 4 heterocycles. The van der Waals surface area contributed by atoms with Crippen LogP contribution in [0.3, 0.4) is 0 Å². The number of nitrogens with zero attached hydrogens (tertiary/aromatic N) is 4. The van der Waals surface area contributed by atoms with Crippen LogP contribution in [0.2, 0.25) is 0 Å². The maximum atomic E-state index is 13.6. The zero-order valence-electron chi connectivity index (χ0n) is 14.7. The van der Waals surface area contributed by atoms with E-state index < -0.39 is 12.1 Å². The first-order chi connectivity index (χ1) is 13.8. The van der Waals surface area contributed by atoms with Crippen LogP contribution in [-0.2, 0) is 17.9 Å². The molecule has 3 aromatic heterocycles. The number of nitrogens with one attached hydrogen (secondary N) is 2. The van der Waals surface area contributed by atoms with E-state index in [0.717, 1.165) is 53.0 Å². The molecule has 29 heavy (non-hydrogen) atoms. The molecule has 0 saturated carbocycles. The third-order valence-corrected chi connectivity index (χ3v) is 4.53. The number of carboxylic acid groups (broad SMARTS) is 1. The van der Waals surface area contributed by atoms with Crippen LogP contribution in [0, 0.1) is 5.82 Å². The molecule has 4 aromatic rings. The van der Waals surface area contributed by atoms with Crippen molar-refractivity contribution in [2.75, 3.05) is 6.54 Å². The normalized spacial score (nSPS) is 13.9. The number of carboxylic acids is 1. The highest BCUT2D eigenvalue weighted by Crippen LogP contribution is 2.32. The summed E-state index contributed by atoms with van der Waals surface area (Å²) in [5, 5.41) is 22.9. The van der Waals surface area contributed by atoms with Crippen molar-refractivity contribution in [3.05, 3.63) is 42.1 Å². The summed E-state index contributed by atoms with van der Waals surface area (Å²) in [4.78, 5) is 8.90. The Morgan fingerprint density at radius 3 is 2.69 bits per heavy atom. The van der Waals surface area contributed by atoms with Crippen LogP contribution in [0.15, 0.2) is 30.6 Å². The maximum Gasteiger partial charge on any atom is 0.490 e. The number of rotatable bonds is 1. The van der Waals surface area contributed by atoms with Gasteiger partial charge in [-0.2, -0.15) is 23.4 Å². The highest BCUT2D eigenvalue weighted by molar-refractivity contribution is 6.06. The van der Waals surface area contributed by atoms with Gasteiger partial charge in [0.15, 0.2) is 0 Å². The van der Waals surface area contributed by atoms with E-state index in [9.17, 15) is 17.6 Å². The van der Waals surface area contributed by atoms with Crippen LogP contribution in [0.1, 0.15) is 5.69 Å². The van der Waals surface area contributed by atoms with Crippen molar-refractivity contribution in [2.24, 2.45) is 0 Å². The zero-order valence-corrected chi connectivity index (χ0v) is 14.7. The van der Waals surface area contributed by atoms with Gasteiger partial charge in [-0.25, -0.2) is 9.18 Å². The average Bonchev–Trinajstić information content (AvgIpc) is 3.36. The van der Waals surface area contributed by atoms with E-state index in [4.69, 9.17) is 9.90 Å². The molecule has 8 nitrogen and oxygen atoms in total. The first-order valence-corrected chi connectivity index (χ1v) is 8.46. The van der Waals surface area contributed by atoms with Crippen molar-refractivity contribution in [3.8, 4) is 5.69 Å². The van der Waals surface area contributed by atoms with E-state index in [2.05, 4.69) is 25.2 Å². The number of carbonyl (C=O) groups is 1. The summed E-state index contributed by atoms with van der Waals surface area (Å²) in [6.45, 7) is 2.56. The summed E-state index contributed by atoms with van der Waals surface area (Å²) >= 11 is 0. The number of alkyl halides is 3. The Labute approximate surface area is 159 Å². The molecule has 1 aliphatic rings.